The zero-order valence-corrected chi connectivity index (χ0v) is 15.2. The fourth-order valence-electron chi connectivity index (χ4n) is 3.31. The van der Waals surface area contributed by atoms with Crippen molar-refractivity contribution in [1.29, 1.82) is 0 Å². The maximum atomic E-state index is 12.7. The number of likely N-dealkylation sites (tertiary alicyclic amines) is 1. The maximum Gasteiger partial charge on any atom is 0.263 e. The van der Waals surface area contributed by atoms with Crippen LogP contribution in [0.5, 0.6) is 0 Å². The average Bonchev–Trinajstić information content (AvgIpc) is 2.99. The average molecular weight is 359 g/mol. The van der Waals surface area contributed by atoms with Gasteiger partial charge in [0.15, 0.2) is 0 Å². The lowest BCUT2D eigenvalue weighted by molar-refractivity contribution is 0.00857. The molecule has 0 saturated carbocycles. The molecule has 3 rings (SSSR count). The molecule has 2 heterocycles. The fraction of sp³-hybridized carbons (Fsp3) is 0.706. The second-order valence-corrected chi connectivity index (χ2v) is 7.41. The Morgan fingerprint density at radius 1 is 1.30 bits per heavy atom. The third-order valence-electron chi connectivity index (χ3n) is 4.64. The van der Waals surface area contributed by atoms with Gasteiger partial charge in [-0.05, 0) is 63.1 Å². The predicted octanol–water partition coefficient (Wildman–Crippen LogP) is 3.02. The molecule has 0 spiro atoms. The highest BCUT2D eigenvalue weighted by atomic mass is 35.5. The number of piperidine rings is 1. The summed E-state index contributed by atoms with van der Waals surface area (Å²) in [5.41, 5.74) is 6.90. The number of rotatable bonds is 5. The molecular weight excluding hydrogens is 332 g/mol. The Bertz CT molecular complexity index is 489. The van der Waals surface area contributed by atoms with Crippen molar-refractivity contribution in [3.8, 4) is 0 Å². The highest BCUT2D eigenvalue weighted by Crippen LogP contribution is 2.31. The molecule has 2 N–H and O–H groups in total. The standard InChI is InChI=1S/C17H26N2O2S.ClH/c18-8-3-11-21-14-6-9-19(10-7-14)17(20)16-12-13-4-1-2-5-15(13)22-16;/h12,14H,1-11,18H2;1H. The quantitative estimate of drug-likeness (QED) is 0.823. The minimum Gasteiger partial charge on any atom is -0.378 e. The van der Waals surface area contributed by atoms with Crippen molar-refractivity contribution in [2.75, 3.05) is 26.2 Å². The van der Waals surface area contributed by atoms with Gasteiger partial charge in [0.05, 0.1) is 11.0 Å². The van der Waals surface area contributed by atoms with Crippen molar-refractivity contribution in [1.82, 2.24) is 4.90 Å². The zero-order chi connectivity index (χ0) is 15.4. The number of ether oxygens (including phenoxy) is 1. The third kappa shape index (κ3) is 4.69. The van der Waals surface area contributed by atoms with Crippen LogP contribution >= 0.6 is 23.7 Å². The first-order chi connectivity index (χ1) is 10.8. The summed E-state index contributed by atoms with van der Waals surface area (Å²) in [6.45, 7) is 3.05. The number of amides is 1. The van der Waals surface area contributed by atoms with Gasteiger partial charge in [0.1, 0.15) is 0 Å². The molecule has 0 aromatic carbocycles. The summed E-state index contributed by atoms with van der Waals surface area (Å²) in [4.78, 5) is 17.0. The van der Waals surface area contributed by atoms with E-state index in [9.17, 15) is 4.79 Å². The monoisotopic (exact) mass is 358 g/mol. The van der Waals surface area contributed by atoms with E-state index < -0.39 is 0 Å². The zero-order valence-electron chi connectivity index (χ0n) is 13.6. The number of halogens is 1. The van der Waals surface area contributed by atoms with Gasteiger partial charge in [-0.3, -0.25) is 4.79 Å². The van der Waals surface area contributed by atoms with Crippen LogP contribution in [0.4, 0.5) is 0 Å². The summed E-state index contributed by atoms with van der Waals surface area (Å²) in [6, 6.07) is 2.14. The van der Waals surface area contributed by atoms with Crippen molar-refractivity contribution in [2.45, 2.75) is 51.0 Å². The van der Waals surface area contributed by atoms with Crippen molar-refractivity contribution in [2.24, 2.45) is 5.73 Å². The minimum absolute atomic E-state index is 0. The molecule has 0 atom stereocenters. The molecule has 0 unspecified atom stereocenters. The molecular formula is C17H27ClN2O2S. The molecule has 1 amide bonds. The van der Waals surface area contributed by atoms with Crippen LogP contribution < -0.4 is 5.73 Å². The second-order valence-electron chi connectivity index (χ2n) is 6.27. The van der Waals surface area contributed by atoms with Crippen LogP contribution in [0.1, 0.15) is 52.2 Å². The van der Waals surface area contributed by atoms with Crippen LogP contribution in [0.2, 0.25) is 0 Å². The van der Waals surface area contributed by atoms with Crippen LogP contribution in [-0.4, -0.2) is 43.2 Å². The largest absolute Gasteiger partial charge is 0.378 e. The highest BCUT2D eigenvalue weighted by molar-refractivity contribution is 7.14. The molecule has 4 nitrogen and oxygen atoms in total. The summed E-state index contributed by atoms with van der Waals surface area (Å²) < 4.78 is 5.81. The van der Waals surface area contributed by atoms with Crippen molar-refractivity contribution >= 4 is 29.7 Å². The summed E-state index contributed by atoms with van der Waals surface area (Å²) in [5, 5.41) is 0. The second kappa shape index (κ2) is 9.02. The van der Waals surface area contributed by atoms with Crippen LogP contribution in [0.15, 0.2) is 6.07 Å². The first-order valence-corrected chi connectivity index (χ1v) is 9.32. The molecule has 23 heavy (non-hydrogen) atoms. The number of fused-ring (bicyclic) bond motifs is 1. The summed E-state index contributed by atoms with van der Waals surface area (Å²) in [7, 11) is 0. The first-order valence-electron chi connectivity index (χ1n) is 8.50. The van der Waals surface area contributed by atoms with E-state index in [1.807, 2.05) is 4.90 Å². The number of aryl methyl sites for hydroxylation is 2. The molecule has 1 aromatic rings. The molecule has 1 saturated heterocycles. The lowest BCUT2D eigenvalue weighted by Crippen LogP contribution is -2.40. The molecule has 1 fully saturated rings. The Morgan fingerprint density at radius 2 is 2.04 bits per heavy atom. The normalized spacial score (nSPS) is 18.4. The molecule has 1 aromatic heterocycles. The predicted molar refractivity (Wildman–Crippen MR) is 96.8 cm³/mol. The van der Waals surface area contributed by atoms with Crippen molar-refractivity contribution < 1.29 is 9.53 Å². The van der Waals surface area contributed by atoms with Gasteiger partial charge in [0.25, 0.3) is 5.91 Å². The van der Waals surface area contributed by atoms with Gasteiger partial charge >= 0.3 is 0 Å². The van der Waals surface area contributed by atoms with Gasteiger partial charge in [-0.15, -0.1) is 23.7 Å². The van der Waals surface area contributed by atoms with Crippen LogP contribution in [0.3, 0.4) is 0 Å². The topological polar surface area (TPSA) is 55.6 Å². The summed E-state index contributed by atoms with van der Waals surface area (Å²) >= 11 is 1.72. The van der Waals surface area contributed by atoms with Gasteiger partial charge in [-0.2, -0.15) is 0 Å². The first kappa shape index (κ1) is 18.7. The van der Waals surface area contributed by atoms with E-state index >= 15 is 0 Å². The molecule has 130 valence electrons. The number of hydrogen-bond donors (Lipinski definition) is 1. The summed E-state index contributed by atoms with van der Waals surface area (Å²) in [5.74, 6) is 0.222. The van der Waals surface area contributed by atoms with E-state index in [0.717, 1.165) is 56.7 Å². The van der Waals surface area contributed by atoms with Gasteiger partial charge in [-0.25, -0.2) is 0 Å². The van der Waals surface area contributed by atoms with E-state index in [0.29, 0.717) is 12.6 Å². The minimum atomic E-state index is 0. The van der Waals surface area contributed by atoms with E-state index in [2.05, 4.69) is 6.07 Å². The number of hydrogen-bond acceptors (Lipinski definition) is 4. The maximum absolute atomic E-state index is 12.7. The lowest BCUT2D eigenvalue weighted by atomic mass is 9.99. The van der Waals surface area contributed by atoms with Gasteiger partial charge in [-0.1, -0.05) is 0 Å². The highest BCUT2D eigenvalue weighted by Gasteiger charge is 2.26. The fourth-order valence-corrected chi connectivity index (χ4v) is 4.53. The van der Waals surface area contributed by atoms with E-state index in [1.165, 1.54) is 23.3 Å². The van der Waals surface area contributed by atoms with Gasteiger partial charge < -0.3 is 15.4 Å². The molecule has 1 aliphatic heterocycles. The van der Waals surface area contributed by atoms with Crippen LogP contribution in [0, 0.1) is 0 Å². The number of carbonyl (C=O) groups excluding carboxylic acids is 1. The van der Waals surface area contributed by atoms with Crippen molar-refractivity contribution in [3.63, 3.8) is 0 Å². The Hall–Kier alpha value is -0.620. The lowest BCUT2D eigenvalue weighted by Gasteiger charge is -2.31. The molecule has 1 aliphatic carbocycles. The SMILES string of the molecule is Cl.NCCCOC1CCN(C(=O)c2cc3c(s2)CCCC3)CC1. The van der Waals surface area contributed by atoms with Crippen LogP contribution in [-0.2, 0) is 17.6 Å². The molecule has 0 bridgehead atoms. The molecule has 2 aliphatic rings. The summed E-state index contributed by atoms with van der Waals surface area (Å²) in [6.07, 6.45) is 7.95. The van der Waals surface area contributed by atoms with Crippen molar-refractivity contribution in [3.05, 3.63) is 21.4 Å². The Morgan fingerprint density at radius 3 is 2.74 bits per heavy atom. The number of nitrogens with two attached hydrogens (primary N) is 1. The Labute approximate surface area is 148 Å². The molecule has 0 radical (unpaired) electrons. The Kier molecular flexibility index (Phi) is 7.34. The third-order valence-corrected chi connectivity index (χ3v) is 5.86. The van der Waals surface area contributed by atoms with E-state index in [4.69, 9.17) is 10.5 Å². The van der Waals surface area contributed by atoms with Gasteiger partial charge in [0.2, 0.25) is 0 Å². The van der Waals surface area contributed by atoms with E-state index in [-0.39, 0.29) is 18.3 Å². The number of carbonyl (C=O) groups is 1. The smallest absolute Gasteiger partial charge is 0.263 e. The molecule has 6 heteroatoms. The van der Waals surface area contributed by atoms with Crippen LogP contribution in [0.25, 0.3) is 0 Å². The number of nitrogens with zero attached hydrogens (tertiary/aromatic N) is 1. The van der Waals surface area contributed by atoms with E-state index in [1.54, 1.807) is 11.3 Å². The Balaban J connectivity index is 0.00000192. The van der Waals surface area contributed by atoms with Gasteiger partial charge in [0, 0.05) is 24.6 Å². The number of thiophene rings is 1.